The number of hydrogen-bond acceptors (Lipinski definition) is 4. The third-order valence-corrected chi connectivity index (χ3v) is 1.89. The molecule has 2 N–H and O–H groups in total. The van der Waals surface area contributed by atoms with Gasteiger partial charge >= 0.3 is 0 Å². The van der Waals surface area contributed by atoms with Crippen LogP contribution in [0.2, 0.25) is 0 Å². The maximum absolute atomic E-state index is 11.5. The summed E-state index contributed by atoms with van der Waals surface area (Å²) in [5, 5.41) is 11.6. The van der Waals surface area contributed by atoms with E-state index in [0.29, 0.717) is 6.19 Å². The minimum Gasteiger partial charge on any atom is -0.395 e. The molecule has 14 heavy (non-hydrogen) atoms. The Morgan fingerprint density at radius 1 is 1.57 bits per heavy atom. The molecule has 0 unspecified atom stereocenters. The van der Waals surface area contributed by atoms with E-state index in [4.69, 9.17) is 5.11 Å². The van der Waals surface area contributed by atoms with Gasteiger partial charge in [0.05, 0.1) is 12.8 Å². The number of ketones is 1. The molecular weight excluding hydrogens is 181 g/mol. The second-order valence-electron chi connectivity index (χ2n) is 4.23. The normalized spacial score (nSPS) is 13.4. The molecule has 0 aromatic heterocycles. The zero-order valence-corrected chi connectivity index (χ0v) is 8.91. The molecule has 0 spiro atoms. The average molecular weight is 198 g/mol. The Labute approximate surface area is 85.3 Å². The molecule has 0 fully saturated rings. The first-order chi connectivity index (χ1) is 6.41. The molecule has 0 bridgehead atoms. The van der Waals surface area contributed by atoms with Crippen LogP contribution in [0.15, 0.2) is 0 Å². The monoisotopic (exact) mass is 198 g/mol. The zero-order valence-electron chi connectivity index (χ0n) is 8.91. The number of aliphatic hydroxyl groups excluding tert-OH is 1. The molecule has 1 atom stereocenters. The van der Waals surface area contributed by atoms with E-state index in [0.717, 1.165) is 0 Å². The van der Waals surface area contributed by atoms with Gasteiger partial charge in [-0.25, -0.2) is 0 Å². The van der Waals surface area contributed by atoms with Crippen molar-refractivity contribution in [3.8, 4) is 0 Å². The average Bonchev–Trinajstić information content (AvgIpc) is 2.10. The van der Waals surface area contributed by atoms with E-state index in [1.165, 1.54) is 7.41 Å². The lowest BCUT2D eigenvalue weighted by Gasteiger charge is -2.20. The summed E-state index contributed by atoms with van der Waals surface area (Å²) >= 11 is 0. The first kappa shape index (κ1) is 13.3. The van der Waals surface area contributed by atoms with Crippen LogP contribution in [0.3, 0.4) is 0 Å². The van der Waals surface area contributed by atoms with E-state index in [-0.39, 0.29) is 24.9 Å². The van der Waals surface area contributed by atoms with Gasteiger partial charge in [-0.05, 0) is 0 Å². The number of carbonyl (C=O) groups excluding carboxylic acids is 2. The van der Waals surface area contributed by atoms with Crippen molar-refractivity contribution in [3.05, 3.63) is 0 Å². The lowest BCUT2D eigenvalue weighted by Crippen LogP contribution is -2.39. The van der Waals surface area contributed by atoms with Crippen molar-refractivity contribution < 1.29 is 14.7 Å². The van der Waals surface area contributed by atoms with Crippen molar-refractivity contribution in [2.75, 3.05) is 6.61 Å². The number of nitrogens with one attached hydrogen (secondary N) is 1. The molecule has 0 aliphatic carbocycles. The summed E-state index contributed by atoms with van der Waals surface area (Å²) in [6.07, 6.45) is 0.814. The zero-order chi connectivity index (χ0) is 11.2. The summed E-state index contributed by atoms with van der Waals surface area (Å²) in [6, 6.07) is -0.369. The van der Waals surface area contributed by atoms with E-state index in [9.17, 15) is 9.59 Å². The van der Waals surface area contributed by atoms with E-state index in [1.807, 2.05) is 20.8 Å². The van der Waals surface area contributed by atoms with Gasteiger partial charge in [0.1, 0.15) is 5.78 Å². The molecule has 0 aromatic rings. The highest BCUT2D eigenvalue weighted by atomic mass is 16.3. The molecule has 4 nitrogen and oxygen atoms in total. The molecule has 0 saturated carbocycles. The van der Waals surface area contributed by atoms with Crippen LogP contribution in [-0.2, 0) is 9.59 Å². The van der Waals surface area contributed by atoms with E-state index in [1.54, 1.807) is 0 Å². The molecule has 0 aromatic carbocycles. The fraction of sp³-hybridized carbons (Fsp3) is 0.778. The van der Waals surface area contributed by atoms with Crippen LogP contribution in [0.5, 0.6) is 0 Å². The standard InChI is InChI=1S/C9H17BNO3/c1-9(2,3)8(14)4-7(5-12)11-10-6-13/h6-7,11-12H,4-5H2,1-3H3/t7-/m0/s1. The minimum atomic E-state index is -0.406. The van der Waals surface area contributed by atoms with Crippen molar-refractivity contribution >= 4 is 19.4 Å². The van der Waals surface area contributed by atoms with Crippen molar-refractivity contribution in [1.82, 2.24) is 5.23 Å². The number of hydrogen-bond donors (Lipinski definition) is 2. The number of rotatable bonds is 6. The molecule has 0 saturated heterocycles. The van der Waals surface area contributed by atoms with Crippen LogP contribution >= 0.6 is 0 Å². The van der Waals surface area contributed by atoms with Crippen LogP contribution < -0.4 is 5.23 Å². The number of Topliss-reactive ketones (excluding diaryl/α,β-unsaturated/α-hetero) is 1. The second kappa shape index (κ2) is 5.93. The fourth-order valence-corrected chi connectivity index (χ4v) is 0.882. The van der Waals surface area contributed by atoms with Crippen molar-refractivity contribution in [1.29, 1.82) is 0 Å². The first-order valence-electron chi connectivity index (χ1n) is 4.59. The molecular formula is C9H17BNO3. The predicted octanol–water partition coefficient (Wildman–Crippen LogP) is -0.248. The third kappa shape index (κ3) is 5.14. The largest absolute Gasteiger partial charge is 0.395 e. The molecule has 0 aliphatic heterocycles. The fourth-order valence-electron chi connectivity index (χ4n) is 0.882. The topological polar surface area (TPSA) is 66.4 Å². The van der Waals surface area contributed by atoms with Crippen molar-refractivity contribution in [3.63, 3.8) is 0 Å². The summed E-state index contributed by atoms with van der Waals surface area (Å²) < 4.78 is 0. The minimum absolute atomic E-state index is 0.0587. The third-order valence-electron chi connectivity index (χ3n) is 1.89. The molecule has 0 rings (SSSR count). The van der Waals surface area contributed by atoms with E-state index < -0.39 is 5.41 Å². The lowest BCUT2D eigenvalue weighted by atomic mass is 9.86. The van der Waals surface area contributed by atoms with Gasteiger partial charge in [-0.2, -0.15) is 0 Å². The van der Waals surface area contributed by atoms with Crippen LogP contribution in [0.1, 0.15) is 27.2 Å². The number of aliphatic hydroxyl groups is 1. The van der Waals surface area contributed by atoms with Gasteiger partial charge in [-0.3, -0.25) is 4.79 Å². The van der Waals surface area contributed by atoms with Crippen molar-refractivity contribution in [2.45, 2.75) is 33.2 Å². The predicted molar refractivity (Wildman–Crippen MR) is 55.6 cm³/mol. The Kier molecular flexibility index (Phi) is 5.65. The molecule has 0 aliphatic rings. The van der Waals surface area contributed by atoms with Gasteiger partial charge in [-0.15, -0.1) is 0 Å². The van der Waals surface area contributed by atoms with Gasteiger partial charge in [0.25, 0.3) is 7.41 Å². The van der Waals surface area contributed by atoms with Crippen LogP contribution in [0.25, 0.3) is 0 Å². The van der Waals surface area contributed by atoms with E-state index >= 15 is 0 Å². The highest BCUT2D eigenvalue weighted by molar-refractivity contribution is 6.64. The molecule has 5 heteroatoms. The summed E-state index contributed by atoms with van der Waals surface area (Å²) in [4.78, 5) is 21.6. The van der Waals surface area contributed by atoms with Gasteiger partial charge in [0, 0.05) is 17.9 Å². The second-order valence-corrected chi connectivity index (χ2v) is 4.23. The summed E-state index contributed by atoms with van der Waals surface area (Å²) in [5.74, 6) is 0.0587. The Balaban J connectivity index is 4.05. The first-order valence-corrected chi connectivity index (χ1v) is 4.59. The highest BCUT2D eigenvalue weighted by Gasteiger charge is 2.23. The van der Waals surface area contributed by atoms with Gasteiger partial charge < -0.3 is 15.1 Å². The maximum Gasteiger partial charge on any atom is 0.290 e. The van der Waals surface area contributed by atoms with Crippen LogP contribution in [0, 0.1) is 5.41 Å². The SMILES string of the molecule is CC(C)(C)C(=O)C[C@@H](CO)N[B]C=O. The smallest absolute Gasteiger partial charge is 0.290 e. The Bertz CT molecular complexity index is 201. The van der Waals surface area contributed by atoms with E-state index in [2.05, 4.69) is 5.23 Å². The Morgan fingerprint density at radius 3 is 2.50 bits per heavy atom. The van der Waals surface area contributed by atoms with Crippen LogP contribution in [-0.4, -0.2) is 37.1 Å². The Hall–Kier alpha value is -0.675. The summed E-state index contributed by atoms with van der Waals surface area (Å²) in [6.45, 7) is 5.32. The summed E-state index contributed by atoms with van der Waals surface area (Å²) in [5.41, 5.74) is -0.406. The van der Waals surface area contributed by atoms with Crippen molar-refractivity contribution in [2.24, 2.45) is 5.41 Å². The quantitative estimate of drug-likeness (QED) is 0.456. The maximum atomic E-state index is 11.5. The van der Waals surface area contributed by atoms with Gasteiger partial charge in [0.15, 0.2) is 0 Å². The molecule has 0 heterocycles. The molecule has 1 radical (unpaired) electrons. The van der Waals surface area contributed by atoms with Gasteiger partial charge in [0.2, 0.25) is 0 Å². The lowest BCUT2D eigenvalue weighted by molar-refractivity contribution is -0.126. The van der Waals surface area contributed by atoms with Crippen LogP contribution in [0.4, 0.5) is 0 Å². The Morgan fingerprint density at radius 2 is 2.14 bits per heavy atom. The number of carbonyl (C=O) groups is 2. The van der Waals surface area contributed by atoms with Gasteiger partial charge in [-0.1, -0.05) is 20.8 Å². The molecule has 0 amide bonds. The summed E-state index contributed by atoms with van der Waals surface area (Å²) in [7, 11) is 1.19. The molecule has 79 valence electrons. The highest BCUT2D eigenvalue weighted by Crippen LogP contribution is 2.17.